The first-order chi connectivity index (χ1) is 7.70. The minimum absolute atomic E-state index is 0.0115. The van der Waals surface area contributed by atoms with Gasteiger partial charge in [-0.2, -0.15) is 0 Å². The van der Waals surface area contributed by atoms with E-state index in [1.807, 2.05) is 0 Å². The van der Waals surface area contributed by atoms with Crippen molar-refractivity contribution in [1.29, 1.82) is 0 Å². The van der Waals surface area contributed by atoms with Gasteiger partial charge in [-0.3, -0.25) is 4.79 Å². The van der Waals surface area contributed by atoms with E-state index in [9.17, 15) is 9.90 Å². The minimum atomic E-state index is -0.771. The van der Waals surface area contributed by atoms with E-state index in [2.05, 4.69) is 10.6 Å². The summed E-state index contributed by atoms with van der Waals surface area (Å²) in [6.07, 6.45) is 3.15. The van der Waals surface area contributed by atoms with Crippen LogP contribution >= 0.6 is 0 Å². The molecule has 0 aromatic rings. The van der Waals surface area contributed by atoms with Crippen LogP contribution in [0.15, 0.2) is 0 Å². The van der Waals surface area contributed by atoms with Crippen LogP contribution in [0.1, 0.15) is 25.7 Å². The van der Waals surface area contributed by atoms with Gasteiger partial charge in [-0.25, -0.2) is 0 Å². The first-order valence-electron chi connectivity index (χ1n) is 6.01. The average molecular weight is 228 g/mol. The van der Waals surface area contributed by atoms with E-state index in [-0.39, 0.29) is 11.9 Å². The van der Waals surface area contributed by atoms with E-state index >= 15 is 0 Å². The number of carbonyl (C=O) groups excluding carboxylic acids is 1. The fraction of sp³-hybridized carbons (Fsp3) is 0.909. The van der Waals surface area contributed by atoms with Crippen molar-refractivity contribution < 1.29 is 14.6 Å². The number of amides is 1. The average Bonchev–Trinajstić information content (AvgIpc) is 2.80. The van der Waals surface area contributed by atoms with E-state index in [0.29, 0.717) is 32.6 Å². The number of ether oxygens (including phenoxy) is 1. The van der Waals surface area contributed by atoms with Crippen LogP contribution in [0.2, 0.25) is 0 Å². The molecule has 2 aliphatic rings. The SMILES string of the molecule is O=C(NCC1(O)CCOCC1)C1CCCN1. The molecular formula is C11H20N2O3. The van der Waals surface area contributed by atoms with E-state index in [1.54, 1.807) is 0 Å². The van der Waals surface area contributed by atoms with Crippen molar-refractivity contribution in [2.45, 2.75) is 37.3 Å². The molecule has 0 aromatic carbocycles. The molecule has 5 nitrogen and oxygen atoms in total. The van der Waals surface area contributed by atoms with Crippen LogP contribution in [0.5, 0.6) is 0 Å². The van der Waals surface area contributed by atoms with Gasteiger partial charge in [0.15, 0.2) is 0 Å². The first kappa shape index (κ1) is 11.8. The highest BCUT2D eigenvalue weighted by Crippen LogP contribution is 2.19. The molecule has 2 rings (SSSR count). The maximum Gasteiger partial charge on any atom is 0.237 e. The maximum atomic E-state index is 11.7. The Balaban J connectivity index is 1.75. The number of hydrogen-bond donors (Lipinski definition) is 3. The number of nitrogens with one attached hydrogen (secondary N) is 2. The molecule has 2 heterocycles. The summed E-state index contributed by atoms with van der Waals surface area (Å²) in [7, 11) is 0. The van der Waals surface area contributed by atoms with Gasteiger partial charge in [0.2, 0.25) is 5.91 Å². The van der Waals surface area contributed by atoms with Crippen molar-refractivity contribution in [2.75, 3.05) is 26.3 Å². The fourth-order valence-electron chi connectivity index (χ4n) is 2.21. The highest BCUT2D eigenvalue weighted by Gasteiger charge is 2.31. The Morgan fingerprint density at radius 2 is 2.25 bits per heavy atom. The second-order valence-electron chi connectivity index (χ2n) is 4.70. The molecule has 2 fully saturated rings. The zero-order valence-electron chi connectivity index (χ0n) is 9.50. The Bertz CT molecular complexity index is 246. The number of rotatable bonds is 3. The lowest BCUT2D eigenvalue weighted by molar-refractivity contribution is -0.125. The molecule has 1 unspecified atom stereocenters. The molecule has 1 atom stereocenters. The topological polar surface area (TPSA) is 70.6 Å². The van der Waals surface area contributed by atoms with Crippen molar-refractivity contribution in [1.82, 2.24) is 10.6 Å². The Morgan fingerprint density at radius 1 is 1.50 bits per heavy atom. The monoisotopic (exact) mass is 228 g/mol. The zero-order valence-corrected chi connectivity index (χ0v) is 9.50. The molecule has 92 valence electrons. The van der Waals surface area contributed by atoms with Gasteiger partial charge in [-0.1, -0.05) is 0 Å². The quantitative estimate of drug-likeness (QED) is 0.603. The highest BCUT2D eigenvalue weighted by molar-refractivity contribution is 5.82. The maximum absolute atomic E-state index is 11.7. The van der Waals surface area contributed by atoms with Crippen LogP contribution in [0.3, 0.4) is 0 Å². The summed E-state index contributed by atoms with van der Waals surface area (Å²) >= 11 is 0. The van der Waals surface area contributed by atoms with Gasteiger partial charge in [0, 0.05) is 32.6 Å². The van der Waals surface area contributed by atoms with Crippen molar-refractivity contribution in [3.63, 3.8) is 0 Å². The van der Waals surface area contributed by atoms with Gasteiger partial charge in [-0.15, -0.1) is 0 Å². The van der Waals surface area contributed by atoms with E-state index in [1.165, 1.54) is 0 Å². The fourth-order valence-corrected chi connectivity index (χ4v) is 2.21. The normalized spacial score (nSPS) is 28.9. The van der Waals surface area contributed by atoms with Gasteiger partial charge in [0.1, 0.15) is 0 Å². The summed E-state index contributed by atoms with van der Waals surface area (Å²) in [6, 6.07) is -0.0663. The van der Waals surface area contributed by atoms with Crippen molar-refractivity contribution >= 4 is 5.91 Å². The lowest BCUT2D eigenvalue weighted by Gasteiger charge is -2.32. The summed E-state index contributed by atoms with van der Waals surface area (Å²) in [5.41, 5.74) is -0.771. The molecule has 0 bridgehead atoms. The Labute approximate surface area is 95.5 Å². The van der Waals surface area contributed by atoms with Crippen LogP contribution < -0.4 is 10.6 Å². The summed E-state index contributed by atoms with van der Waals surface area (Å²) in [4.78, 5) is 11.7. The third-order valence-electron chi connectivity index (χ3n) is 3.39. The standard InChI is InChI=1S/C11H20N2O3/c14-10(9-2-1-5-12-9)13-8-11(15)3-6-16-7-4-11/h9,12,15H,1-8H2,(H,13,14). The zero-order chi connectivity index (χ0) is 11.4. The molecule has 0 aliphatic carbocycles. The molecule has 16 heavy (non-hydrogen) atoms. The van der Waals surface area contributed by atoms with Crippen LogP contribution in [-0.4, -0.2) is 49.0 Å². The summed E-state index contributed by atoms with van der Waals surface area (Å²) in [5.74, 6) is 0.0115. The Morgan fingerprint density at radius 3 is 2.88 bits per heavy atom. The van der Waals surface area contributed by atoms with Crippen LogP contribution in [0, 0.1) is 0 Å². The number of carbonyl (C=O) groups is 1. The second kappa shape index (κ2) is 5.12. The molecule has 3 N–H and O–H groups in total. The van der Waals surface area contributed by atoms with Gasteiger partial charge in [-0.05, 0) is 19.4 Å². The first-order valence-corrected chi connectivity index (χ1v) is 6.01. The predicted octanol–water partition coefficient (Wildman–Crippen LogP) is -0.604. The van der Waals surface area contributed by atoms with Crippen molar-refractivity contribution in [3.8, 4) is 0 Å². The molecule has 2 aliphatic heterocycles. The van der Waals surface area contributed by atoms with Crippen LogP contribution in [0.4, 0.5) is 0 Å². The molecule has 5 heteroatoms. The minimum Gasteiger partial charge on any atom is -0.388 e. The summed E-state index contributed by atoms with van der Waals surface area (Å²) in [5, 5.41) is 16.1. The lowest BCUT2D eigenvalue weighted by Crippen LogP contribution is -2.50. The molecule has 0 saturated carbocycles. The van der Waals surface area contributed by atoms with E-state index in [4.69, 9.17) is 4.74 Å². The molecule has 0 spiro atoms. The molecule has 0 aromatic heterocycles. The molecular weight excluding hydrogens is 208 g/mol. The smallest absolute Gasteiger partial charge is 0.237 e. The Kier molecular flexibility index (Phi) is 3.78. The summed E-state index contributed by atoms with van der Waals surface area (Å²) in [6.45, 7) is 2.41. The lowest BCUT2D eigenvalue weighted by atomic mass is 9.94. The van der Waals surface area contributed by atoms with Gasteiger partial charge in [0.25, 0.3) is 0 Å². The van der Waals surface area contributed by atoms with E-state index in [0.717, 1.165) is 19.4 Å². The molecule has 0 radical (unpaired) electrons. The molecule has 2 saturated heterocycles. The largest absolute Gasteiger partial charge is 0.388 e. The third-order valence-corrected chi connectivity index (χ3v) is 3.39. The van der Waals surface area contributed by atoms with Crippen LogP contribution in [-0.2, 0) is 9.53 Å². The molecule has 1 amide bonds. The Hall–Kier alpha value is -0.650. The van der Waals surface area contributed by atoms with Crippen molar-refractivity contribution in [2.24, 2.45) is 0 Å². The van der Waals surface area contributed by atoms with Gasteiger partial charge in [0.05, 0.1) is 11.6 Å². The van der Waals surface area contributed by atoms with Gasteiger partial charge < -0.3 is 20.5 Å². The second-order valence-corrected chi connectivity index (χ2v) is 4.70. The van der Waals surface area contributed by atoms with E-state index < -0.39 is 5.60 Å². The number of aliphatic hydroxyl groups is 1. The summed E-state index contributed by atoms with van der Waals surface area (Å²) < 4.78 is 5.19. The third kappa shape index (κ3) is 2.93. The van der Waals surface area contributed by atoms with Crippen LogP contribution in [0.25, 0.3) is 0 Å². The number of hydrogen-bond acceptors (Lipinski definition) is 4. The highest BCUT2D eigenvalue weighted by atomic mass is 16.5. The van der Waals surface area contributed by atoms with Crippen molar-refractivity contribution in [3.05, 3.63) is 0 Å². The predicted molar refractivity (Wildman–Crippen MR) is 59.0 cm³/mol. The van der Waals surface area contributed by atoms with Gasteiger partial charge >= 0.3 is 0 Å².